The number of hydrogen-bond donors (Lipinski definition) is 0. The Bertz CT molecular complexity index is 446. The minimum absolute atomic E-state index is 0.0579. The Hall–Kier alpha value is -2.02. The van der Waals surface area contributed by atoms with Gasteiger partial charge in [0.15, 0.2) is 0 Å². The van der Waals surface area contributed by atoms with Crippen LogP contribution in [0.25, 0.3) is 0 Å². The van der Waals surface area contributed by atoms with Crippen molar-refractivity contribution in [2.45, 2.75) is 32.8 Å². The van der Waals surface area contributed by atoms with Gasteiger partial charge in [0.05, 0.1) is 12.2 Å². The molecule has 0 unspecified atom stereocenters. The first-order chi connectivity index (χ1) is 9.02. The first-order valence-electron chi connectivity index (χ1n) is 6.39. The third-order valence-corrected chi connectivity index (χ3v) is 2.69. The highest BCUT2D eigenvalue weighted by atomic mass is 16.5. The van der Waals surface area contributed by atoms with E-state index < -0.39 is 0 Å². The fraction of sp³-hybridized carbons (Fsp3) is 0.467. The maximum Gasteiger partial charge on any atom is 0.236 e. The standard InChI is InChI=1S/C15H20N2O2/c1-12(2)19-14-6-4-13(5-7-14)9-11-17(3)15(18)8-10-16/h4-7,12H,8-9,11H2,1-3H3. The predicted molar refractivity (Wildman–Crippen MR) is 73.8 cm³/mol. The van der Waals surface area contributed by atoms with E-state index in [1.807, 2.05) is 44.2 Å². The quantitative estimate of drug-likeness (QED) is 0.789. The Labute approximate surface area is 114 Å². The van der Waals surface area contributed by atoms with Gasteiger partial charge in [-0.05, 0) is 38.0 Å². The molecule has 4 nitrogen and oxygen atoms in total. The molecule has 0 radical (unpaired) electrons. The van der Waals surface area contributed by atoms with Crippen LogP contribution in [0.1, 0.15) is 25.8 Å². The summed E-state index contributed by atoms with van der Waals surface area (Å²) in [4.78, 5) is 13.0. The van der Waals surface area contributed by atoms with Gasteiger partial charge in [0.2, 0.25) is 5.91 Å². The van der Waals surface area contributed by atoms with E-state index in [2.05, 4.69) is 0 Å². The van der Waals surface area contributed by atoms with Gasteiger partial charge in [-0.3, -0.25) is 4.79 Å². The molecular formula is C15H20N2O2. The van der Waals surface area contributed by atoms with E-state index in [1.54, 1.807) is 11.9 Å². The largest absolute Gasteiger partial charge is 0.491 e. The lowest BCUT2D eigenvalue weighted by molar-refractivity contribution is -0.128. The molecular weight excluding hydrogens is 240 g/mol. The van der Waals surface area contributed by atoms with Crippen molar-refractivity contribution in [2.75, 3.05) is 13.6 Å². The average Bonchev–Trinajstić information content (AvgIpc) is 2.37. The number of amides is 1. The smallest absolute Gasteiger partial charge is 0.236 e. The first kappa shape index (κ1) is 15.0. The van der Waals surface area contributed by atoms with E-state index in [-0.39, 0.29) is 18.4 Å². The van der Waals surface area contributed by atoms with Crippen LogP contribution in [0.4, 0.5) is 0 Å². The number of carbonyl (C=O) groups is 1. The number of benzene rings is 1. The molecule has 0 spiro atoms. The summed E-state index contributed by atoms with van der Waals surface area (Å²) < 4.78 is 5.56. The van der Waals surface area contributed by atoms with Crippen LogP contribution in [0.2, 0.25) is 0 Å². The summed E-state index contributed by atoms with van der Waals surface area (Å²) in [6.07, 6.45) is 0.883. The summed E-state index contributed by atoms with van der Waals surface area (Å²) in [6.45, 7) is 4.60. The summed E-state index contributed by atoms with van der Waals surface area (Å²) in [6, 6.07) is 9.74. The van der Waals surface area contributed by atoms with Gasteiger partial charge in [-0.2, -0.15) is 5.26 Å². The number of hydrogen-bond acceptors (Lipinski definition) is 3. The number of nitriles is 1. The highest BCUT2D eigenvalue weighted by Crippen LogP contribution is 2.14. The zero-order valence-corrected chi connectivity index (χ0v) is 11.7. The Morgan fingerprint density at radius 1 is 1.37 bits per heavy atom. The van der Waals surface area contributed by atoms with Crippen LogP contribution in [0.5, 0.6) is 5.75 Å². The van der Waals surface area contributed by atoms with Crippen LogP contribution in [-0.2, 0) is 11.2 Å². The molecule has 1 aromatic rings. The Kier molecular flexibility index (Phi) is 5.87. The third-order valence-electron chi connectivity index (χ3n) is 2.69. The van der Waals surface area contributed by atoms with E-state index in [9.17, 15) is 4.79 Å². The van der Waals surface area contributed by atoms with Gasteiger partial charge >= 0.3 is 0 Å². The minimum Gasteiger partial charge on any atom is -0.491 e. The minimum atomic E-state index is -0.137. The van der Waals surface area contributed by atoms with E-state index >= 15 is 0 Å². The van der Waals surface area contributed by atoms with Crippen molar-refractivity contribution < 1.29 is 9.53 Å². The monoisotopic (exact) mass is 260 g/mol. The van der Waals surface area contributed by atoms with Crippen molar-refractivity contribution >= 4 is 5.91 Å². The number of carbonyl (C=O) groups excluding carboxylic acids is 1. The molecule has 0 fully saturated rings. The van der Waals surface area contributed by atoms with Crippen LogP contribution >= 0.6 is 0 Å². The van der Waals surface area contributed by atoms with Crippen LogP contribution in [-0.4, -0.2) is 30.5 Å². The summed E-state index contributed by atoms with van der Waals surface area (Å²) >= 11 is 0. The van der Waals surface area contributed by atoms with Crippen molar-refractivity contribution in [1.29, 1.82) is 5.26 Å². The lowest BCUT2D eigenvalue weighted by Gasteiger charge is -2.15. The van der Waals surface area contributed by atoms with Crippen LogP contribution in [0.3, 0.4) is 0 Å². The number of likely N-dealkylation sites (N-methyl/N-ethyl adjacent to an activating group) is 1. The molecule has 0 saturated carbocycles. The van der Waals surface area contributed by atoms with Gasteiger partial charge in [0.25, 0.3) is 0 Å². The molecule has 4 heteroatoms. The summed E-state index contributed by atoms with van der Waals surface area (Å²) in [5, 5.41) is 8.46. The van der Waals surface area contributed by atoms with E-state index in [1.165, 1.54) is 0 Å². The number of nitrogens with zero attached hydrogens (tertiary/aromatic N) is 2. The molecule has 1 aromatic carbocycles. The van der Waals surface area contributed by atoms with Gasteiger partial charge in [-0.15, -0.1) is 0 Å². The zero-order valence-electron chi connectivity index (χ0n) is 11.7. The highest BCUT2D eigenvalue weighted by molar-refractivity contribution is 5.77. The summed E-state index contributed by atoms with van der Waals surface area (Å²) in [5.41, 5.74) is 1.15. The molecule has 1 rings (SSSR count). The molecule has 0 heterocycles. The van der Waals surface area contributed by atoms with Gasteiger partial charge < -0.3 is 9.64 Å². The van der Waals surface area contributed by atoms with Gasteiger partial charge in [0.1, 0.15) is 12.2 Å². The molecule has 0 bridgehead atoms. The second kappa shape index (κ2) is 7.42. The van der Waals surface area contributed by atoms with Crippen LogP contribution in [0.15, 0.2) is 24.3 Å². The topological polar surface area (TPSA) is 53.3 Å². The third kappa shape index (κ3) is 5.43. The molecule has 102 valence electrons. The number of ether oxygens (including phenoxy) is 1. The van der Waals surface area contributed by atoms with E-state index in [0.717, 1.165) is 17.7 Å². The molecule has 19 heavy (non-hydrogen) atoms. The lowest BCUT2D eigenvalue weighted by atomic mass is 10.1. The second-order valence-electron chi connectivity index (χ2n) is 4.71. The predicted octanol–water partition coefficient (Wildman–Crippen LogP) is 2.39. The lowest BCUT2D eigenvalue weighted by Crippen LogP contribution is -2.28. The Morgan fingerprint density at radius 3 is 2.53 bits per heavy atom. The van der Waals surface area contributed by atoms with Gasteiger partial charge in [-0.25, -0.2) is 0 Å². The molecule has 1 amide bonds. The molecule has 0 saturated heterocycles. The SMILES string of the molecule is CC(C)Oc1ccc(CCN(C)C(=O)CC#N)cc1. The van der Waals surface area contributed by atoms with Crippen LogP contribution in [0, 0.1) is 11.3 Å². The van der Waals surface area contributed by atoms with Gasteiger partial charge in [0, 0.05) is 13.6 Å². The molecule has 0 aliphatic heterocycles. The zero-order chi connectivity index (χ0) is 14.3. The molecule has 0 aromatic heterocycles. The van der Waals surface area contributed by atoms with Crippen molar-refractivity contribution in [2.24, 2.45) is 0 Å². The molecule has 0 N–H and O–H groups in total. The van der Waals surface area contributed by atoms with Crippen molar-refractivity contribution in [3.8, 4) is 11.8 Å². The molecule has 0 aliphatic rings. The van der Waals surface area contributed by atoms with Crippen molar-refractivity contribution in [3.63, 3.8) is 0 Å². The summed E-state index contributed by atoms with van der Waals surface area (Å²) in [7, 11) is 1.72. The maximum absolute atomic E-state index is 11.4. The van der Waals surface area contributed by atoms with E-state index in [0.29, 0.717) is 6.54 Å². The van der Waals surface area contributed by atoms with Gasteiger partial charge in [-0.1, -0.05) is 12.1 Å². The maximum atomic E-state index is 11.4. The Morgan fingerprint density at radius 2 is 2.00 bits per heavy atom. The normalized spacial score (nSPS) is 10.1. The second-order valence-corrected chi connectivity index (χ2v) is 4.71. The highest BCUT2D eigenvalue weighted by Gasteiger charge is 2.07. The van der Waals surface area contributed by atoms with Crippen molar-refractivity contribution in [1.82, 2.24) is 4.90 Å². The average molecular weight is 260 g/mol. The van der Waals surface area contributed by atoms with Crippen LogP contribution < -0.4 is 4.74 Å². The Balaban J connectivity index is 2.46. The fourth-order valence-corrected chi connectivity index (χ4v) is 1.63. The molecule has 0 atom stereocenters. The summed E-state index contributed by atoms with van der Waals surface area (Å²) in [5.74, 6) is 0.718. The first-order valence-corrected chi connectivity index (χ1v) is 6.39. The number of rotatable bonds is 6. The van der Waals surface area contributed by atoms with E-state index in [4.69, 9.17) is 10.00 Å². The van der Waals surface area contributed by atoms with Crippen molar-refractivity contribution in [3.05, 3.63) is 29.8 Å². The fourth-order valence-electron chi connectivity index (χ4n) is 1.63. The molecule has 0 aliphatic carbocycles.